The molecule has 1 amide bonds. The van der Waals surface area contributed by atoms with Crippen molar-refractivity contribution < 1.29 is 22.7 Å². The molecule has 2 saturated carbocycles. The predicted molar refractivity (Wildman–Crippen MR) is 61.3 cm³/mol. The number of rotatable bonds is 2. The molecule has 3 rings (SSSR count). The second-order valence-electron chi connectivity index (χ2n) is 6.60. The van der Waals surface area contributed by atoms with Crippen LogP contribution < -0.4 is 5.32 Å². The second kappa shape index (κ2) is 3.45. The summed E-state index contributed by atoms with van der Waals surface area (Å²) in [5, 5.41) is 2.02. The van der Waals surface area contributed by atoms with E-state index in [1.54, 1.807) is 0 Å². The predicted octanol–water partition coefficient (Wildman–Crippen LogP) is 2.26. The zero-order chi connectivity index (χ0) is 14.1. The summed E-state index contributed by atoms with van der Waals surface area (Å²) in [5.41, 5.74) is -1.45. The summed E-state index contributed by atoms with van der Waals surface area (Å²) >= 11 is 0. The summed E-state index contributed by atoms with van der Waals surface area (Å²) in [6, 6.07) is 0. The van der Waals surface area contributed by atoms with Gasteiger partial charge in [-0.3, -0.25) is 4.79 Å². The van der Waals surface area contributed by atoms with Gasteiger partial charge in [-0.1, -0.05) is 13.8 Å². The zero-order valence-electron chi connectivity index (χ0n) is 11.1. The Labute approximate surface area is 109 Å². The van der Waals surface area contributed by atoms with Gasteiger partial charge >= 0.3 is 6.18 Å². The topological polar surface area (TPSA) is 38.3 Å². The molecule has 108 valence electrons. The van der Waals surface area contributed by atoms with Gasteiger partial charge in [0, 0.05) is 10.8 Å². The van der Waals surface area contributed by atoms with Crippen molar-refractivity contribution in [1.82, 2.24) is 5.32 Å². The third-order valence-electron chi connectivity index (χ3n) is 6.01. The lowest BCUT2D eigenvalue weighted by atomic mass is 9.66. The van der Waals surface area contributed by atoms with E-state index in [0.29, 0.717) is 18.9 Å². The van der Waals surface area contributed by atoms with Crippen LogP contribution in [0.15, 0.2) is 0 Å². The van der Waals surface area contributed by atoms with Crippen LogP contribution in [0.1, 0.15) is 33.1 Å². The Kier molecular flexibility index (Phi) is 2.40. The molecule has 0 aromatic carbocycles. The summed E-state index contributed by atoms with van der Waals surface area (Å²) in [7, 11) is 0. The van der Waals surface area contributed by atoms with E-state index in [-0.39, 0.29) is 10.8 Å². The molecule has 0 radical (unpaired) electrons. The van der Waals surface area contributed by atoms with Crippen LogP contribution in [-0.2, 0) is 9.53 Å². The van der Waals surface area contributed by atoms with Crippen LogP contribution in [0.4, 0.5) is 13.2 Å². The largest absolute Gasteiger partial charge is 0.405 e. The molecule has 6 heteroatoms. The summed E-state index contributed by atoms with van der Waals surface area (Å²) < 4.78 is 42.5. The highest BCUT2D eigenvalue weighted by molar-refractivity contribution is 5.88. The van der Waals surface area contributed by atoms with Crippen molar-refractivity contribution in [1.29, 1.82) is 0 Å². The van der Waals surface area contributed by atoms with E-state index in [2.05, 4.69) is 6.92 Å². The van der Waals surface area contributed by atoms with Crippen molar-refractivity contribution in [3.8, 4) is 0 Å². The number of hydrogen-bond acceptors (Lipinski definition) is 2. The molecule has 0 aromatic rings. The van der Waals surface area contributed by atoms with Gasteiger partial charge in [-0.15, -0.1) is 0 Å². The van der Waals surface area contributed by atoms with E-state index >= 15 is 0 Å². The normalized spacial score (nSPS) is 47.7. The minimum absolute atomic E-state index is 0.0669. The minimum atomic E-state index is -4.38. The van der Waals surface area contributed by atoms with Crippen LogP contribution in [-0.4, -0.2) is 30.8 Å². The average Bonchev–Trinajstić information content (AvgIpc) is 2.77. The fourth-order valence-corrected chi connectivity index (χ4v) is 4.58. The third kappa shape index (κ3) is 1.41. The number of hydrogen-bond donors (Lipinski definition) is 1. The molecule has 1 saturated heterocycles. The maximum Gasteiger partial charge on any atom is 0.405 e. The molecular formula is C13H18F3NO2. The molecule has 1 N–H and O–H groups in total. The second-order valence-corrected chi connectivity index (χ2v) is 6.60. The maximum atomic E-state index is 12.3. The van der Waals surface area contributed by atoms with Gasteiger partial charge < -0.3 is 10.1 Å². The lowest BCUT2D eigenvalue weighted by Gasteiger charge is -2.40. The number of ether oxygens (including phenoxy) is 1. The van der Waals surface area contributed by atoms with E-state index in [1.807, 2.05) is 12.2 Å². The molecule has 3 aliphatic rings. The zero-order valence-corrected chi connectivity index (χ0v) is 11.1. The number of amides is 1. The Morgan fingerprint density at radius 2 is 2.11 bits per heavy atom. The fourth-order valence-electron chi connectivity index (χ4n) is 4.58. The van der Waals surface area contributed by atoms with E-state index in [4.69, 9.17) is 4.74 Å². The molecule has 0 spiro atoms. The van der Waals surface area contributed by atoms with Crippen LogP contribution in [0.2, 0.25) is 0 Å². The first-order valence-corrected chi connectivity index (χ1v) is 6.64. The number of alkyl halides is 3. The van der Waals surface area contributed by atoms with E-state index < -0.39 is 24.2 Å². The van der Waals surface area contributed by atoms with Crippen molar-refractivity contribution in [3.63, 3.8) is 0 Å². The number of carbonyl (C=O) groups excluding carboxylic acids is 1. The third-order valence-corrected chi connectivity index (χ3v) is 6.01. The molecule has 2 aliphatic carbocycles. The van der Waals surface area contributed by atoms with Gasteiger partial charge in [0.25, 0.3) is 5.91 Å². The highest BCUT2D eigenvalue weighted by Gasteiger charge is 2.78. The van der Waals surface area contributed by atoms with Crippen LogP contribution in [0.3, 0.4) is 0 Å². The number of carbonyl (C=O) groups is 1. The van der Waals surface area contributed by atoms with Gasteiger partial charge in [0.1, 0.15) is 6.54 Å². The van der Waals surface area contributed by atoms with E-state index in [0.717, 1.165) is 12.8 Å². The first kappa shape index (κ1) is 13.2. The van der Waals surface area contributed by atoms with E-state index in [1.165, 1.54) is 0 Å². The lowest BCUT2D eigenvalue weighted by Crippen LogP contribution is -2.56. The van der Waals surface area contributed by atoms with Crippen LogP contribution in [0, 0.1) is 16.7 Å². The average molecular weight is 277 g/mol. The van der Waals surface area contributed by atoms with Gasteiger partial charge in [0.05, 0.1) is 6.61 Å². The van der Waals surface area contributed by atoms with E-state index in [9.17, 15) is 18.0 Å². The highest BCUT2D eigenvalue weighted by Crippen LogP contribution is 2.74. The van der Waals surface area contributed by atoms with Crippen molar-refractivity contribution >= 4 is 5.91 Å². The van der Waals surface area contributed by atoms with Crippen LogP contribution >= 0.6 is 0 Å². The minimum Gasteiger partial charge on any atom is -0.364 e. The molecule has 19 heavy (non-hydrogen) atoms. The Balaban J connectivity index is 1.84. The molecule has 3 nitrogen and oxygen atoms in total. The molecule has 1 heterocycles. The SMILES string of the molecule is CC12CCC3C[C@]1(C(=O)NCC(F)(F)F)OC[C@]32C. The van der Waals surface area contributed by atoms with Gasteiger partial charge in [0.15, 0.2) is 5.60 Å². The van der Waals surface area contributed by atoms with Crippen LogP contribution in [0.25, 0.3) is 0 Å². The molecular weight excluding hydrogens is 259 g/mol. The van der Waals surface area contributed by atoms with Crippen molar-refractivity contribution in [2.45, 2.75) is 44.9 Å². The smallest absolute Gasteiger partial charge is 0.364 e. The van der Waals surface area contributed by atoms with Gasteiger partial charge in [-0.2, -0.15) is 13.2 Å². The standard InChI is InChI=1S/C13H18F3NO2/c1-10-7-19-12(9(18)17-6-13(14,15)16)5-8(10)3-4-11(10,12)2/h8H,3-7H2,1-2H3,(H,17,18)/t8?,10-,11?,12-/m1/s1. The molecule has 4 bridgehead atoms. The highest BCUT2D eigenvalue weighted by atomic mass is 19.4. The number of halogens is 3. The quantitative estimate of drug-likeness (QED) is 0.841. The molecule has 0 aromatic heterocycles. The van der Waals surface area contributed by atoms with Gasteiger partial charge in [-0.05, 0) is 25.2 Å². The summed E-state index contributed by atoms with van der Waals surface area (Å²) in [6.07, 6.45) is -1.92. The first-order valence-electron chi connectivity index (χ1n) is 6.64. The lowest BCUT2D eigenvalue weighted by molar-refractivity contribution is -0.163. The monoisotopic (exact) mass is 277 g/mol. The Morgan fingerprint density at radius 1 is 1.42 bits per heavy atom. The Morgan fingerprint density at radius 3 is 2.63 bits per heavy atom. The molecule has 3 fully saturated rings. The van der Waals surface area contributed by atoms with Crippen molar-refractivity contribution in [3.05, 3.63) is 0 Å². The summed E-state index contributed by atoms with van der Waals surface area (Å²) in [5.74, 6) is -0.193. The molecule has 4 atom stereocenters. The Hall–Kier alpha value is -0.780. The molecule has 1 aliphatic heterocycles. The maximum absolute atomic E-state index is 12.3. The van der Waals surface area contributed by atoms with Gasteiger partial charge in [-0.25, -0.2) is 0 Å². The van der Waals surface area contributed by atoms with Crippen molar-refractivity contribution in [2.75, 3.05) is 13.2 Å². The molecule has 2 unspecified atom stereocenters. The summed E-state index contributed by atoms with van der Waals surface area (Å²) in [4.78, 5) is 12.3. The van der Waals surface area contributed by atoms with Gasteiger partial charge in [0.2, 0.25) is 0 Å². The van der Waals surface area contributed by atoms with Crippen molar-refractivity contribution in [2.24, 2.45) is 16.7 Å². The first-order chi connectivity index (χ1) is 8.65. The van der Waals surface area contributed by atoms with Crippen LogP contribution in [0.5, 0.6) is 0 Å². The fraction of sp³-hybridized carbons (Fsp3) is 0.923. The Bertz CT molecular complexity index is 438. The summed E-state index contributed by atoms with van der Waals surface area (Å²) in [6.45, 7) is 3.30. The number of nitrogens with one attached hydrogen (secondary N) is 1.